The van der Waals surface area contributed by atoms with E-state index in [4.69, 9.17) is 10.00 Å². The first-order valence-corrected chi connectivity index (χ1v) is 53.9. The molecular formula is C104H186F5N17O13S2. The number of piperazine rings is 6. The molecule has 1 saturated carbocycles. The number of amides is 10. The summed E-state index contributed by atoms with van der Waals surface area (Å²) < 4.78 is 90.7. The number of morpholine rings is 1. The van der Waals surface area contributed by atoms with Gasteiger partial charge in [-0.05, 0) is 67.3 Å². The van der Waals surface area contributed by atoms with E-state index in [0.717, 1.165) is 142 Å². The highest BCUT2D eigenvalue weighted by molar-refractivity contribution is 7.91. The number of ether oxygens (including phenoxy) is 1. The Balaban J connectivity index is 0.000000331. The van der Waals surface area contributed by atoms with Crippen molar-refractivity contribution in [3.05, 3.63) is 11.6 Å². The van der Waals surface area contributed by atoms with Crippen LogP contribution in [-0.2, 0) is 62.5 Å². The number of rotatable bonds is 5. The summed E-state index contributed by atoms with van der Waals surface area (Å²) in [5.41, 5.74) is -3.53. The van der Waals surface area contributed by atoms with Crippen molar-refractivity contribution in [3.8, 4) is 6.07 Å². The van der Waals surface area contributed by atoms with Crippen molar-refractivity contribution in [1.82, 2.24) is 73.6 Å². The average molecular weight is 2040 g/mol. The van der Waals surface area contributed by atoms with Gasteiger partial charge in [0.25, 0.3) is 5.92 Å². The summed E-state index contributed by atoms with van der Waals surface area (Å²) in [6.07, 6.45) is 0.737. The Labute approximate surface area is 849 Å². The molecule has 10 amide bonds. The van der Waals surface area contributed by atoms with E-state index in [1.807, 2.05) is 228 Å². The van der Waals surface area contributed by atoms with E-state index >= 15 is 0 Å². The summed E-state index contributed by atoms with van der Waals surface area (Å²) in [5.74, 6) is -0.434. The minimum atomic E-state index is -4.18. The van der Waals surface area contributed by atoms with Gasteiger partial charge in [-0.15, -0.1) is 11.3 Å². The predicted molar refractivity (Wildman–Crippen MR) is 550 cm³/mol. The number of likely N-dealkylation sites (N-methyl/N-ethyl adjacent to an activating group) is 1. The maximum absolute atomic E-state index is 13.1. The molecular weight excluding hydrogens is 1850 g/mol. The Kier molecular flexibility index (Phi) is 45.8. The van der Waals surface area contributed by atoms with Crippen LogP contribution in [0.2, 0.25) is 0 Å². The number of piperidine rings is 1. The van der Waals surface area contributed by atoms with E-state index in [-0.39, 0.29) is 139 Å². The first-order chi connectivity index (χ1) is 64.0. The van der Waals surface area contributed by atoms with Crippen LogP contribution in [0.4, 0.5) is 27.1 Å². The lowest BCUT2D eigenvalue weighted by Crippen LogP contribution is -2.62. The van der Waals surface area contributed by atoms with Crippen molar-refractivity contribution in [2.45, 2.75) is 309 Å². The van der Waals surface area contributed by atoms with Crippen molar-refractivity contribution >= 4 is 85.4 Å². The fourth-order valence-electron chi connectivity index (χ4n) is 18.0. The van der Waals surface area contributed by atoms with Gasteiger partial charge < -0.3 is 58.6 Å². The highest BCUT2D eigenvalue weighted by Gasteiger charge is 2.71. The van der Waals surface area contributed by atoms with Gasteiger partial charge in [-0.2, -0.15) is 18.4 Å². The number of carbonyl (C=O) groups is 10. The Hall–Kier alpha value is -6.98. The third-order valence-electron chi connectivity index (χ3n) is 26.8. The summed E-state index contributed by atoms with van der Waals surface area (Å²) in [5, 5.41) is 11.6. The molecule has 1 aromatic heterocycles. The normalized spacial score (nSPS) is 21.8. The van der Waals surface area contributed by atoms with Crippen molar-refractivity contribution < 1.29 is 83.1 Å². The monoisotopic (exact) mass is 2040 g/mol. The molecule has 2 atom stereocenters. The zero-order chi connectivity index (χ0) is 108. The van der Waals surface area contributed by atoms with Gasteiger partial charge in [0.1, 0.15) is 0 Å². The number of anilines is 1. The zero-order valence-electron chi connectivity index (χ0n) is 93.2. The van der Waals surface area contributed by atoms with Gasteiger partial charge in [0.05, 0.1) is 37.3 Å². The molecule has 1 aliphatic carbocycles. The quantitative estimate of drug-likeness (QED) is 0.247. The van der Waals surface area contributed by atoms with Crippen LogP contribution in [0.5, 0.6) is 0 Å². The number of alkyl halides is 5. The molecule has 0 N–H and O–H groups in total. The van der Waals surface area contributed by atoms with Crippen LogP contribution < -0.4 is 4.90 Å². The molecule has 11 heterocycles. The fraction of sp³-hybridized carbons (Fsp3) is 0.865. The van der Waals surface area contributed by atoms with Crippen molar-refractivity contribution in [1.29, 1.82) is 5.26 Å². The standard InChI is InChI=1S/2C13H26N2O.C12H21F3N2O.C12H19F2NO.C12H19N3OS.C12H21N3O.C12H20N2O2.C9H17NO3S.C9H17NO2/c1-12(2,3)11(16)14-7-9-15(10-8-14)13(4,5)6;1-7-14-8-9-15(13(5,6)10-14)11(16)12(2,3)4;1-9-7-16(10(18)11(2,3)4)5-6-17(9)8-12(13,14)15;1-10(2,3)9(16)15-6-4-11(5-7-15)8-12(11,13)14;1-12(2,3)10(16)14-5-7-15(8-6-14)11-13-4-9-17-11;1-12(2,3)11(16)15-9-7-14(8-10-15)6-4-5-13;1-12(2,3)11(16)13-6-7-14-9(8-13)4-5-10(14)15;1-9(2,3)8(11)10-4-6-14(12,13)7-5-10;1-9(2,3)8(11)10-4-6-12-7-5-10/h2*7-10H2,1-6H3;9H,5-8H2,1-4H3;4-8H2,1-3H3;4,9H,5-8H2,1-3H3;4,6-10H2,1-3H3;9H,4-8H2,1-3H3;4-7H2,1-3H3;4-7H2,1-3H3. The second-order valence-corrected chi connectivity index (χ2v) is 53.7. The lowest BCUT2D eigenvalue weighted by Gasteiger charge is -2.48. The van der Waals surface area contributed by atoms with E-state index in [1.54, 1.807) is 33.0 Å². The molecule has 10 saturated heterocycles. The highest BCUT2D eigenvalue weighted by atomic mass is 32.2. The van der Waals surface area contributed by atoms with E-state index in [1.165, 1.54) is 4.90 Å². The second-order valence-electron chi connectivity index (χ2n) is 50.5. The first-order valence-electron chi connectivity index (χ1n) is 51.2. The molecule has 37 heteroatoms. The SMILES string of the molecule is CC(C)(C)C(=O)N1CCC2(CC1)CC2(F)F.CC(C)(C)C(=O)N1CCN(C(C)(C)C)CC1.CC(C)(C)C(=O)N1CCN(CCC#N)CC1.CC(C)(C)C(=O)N1CCN(c2nccs2)CC1.CC(C)(C)C(=O)N1CCN2C(=O)CCC2C1.CC(C)(C)C(=O)N1CCOCC1.CC(C)(C)C(=O)N1CCS(=O)(=O)CC1.CC1CN(C(=O)C(C)(C)C)CCN1CC(F)(F)F.CCN1CCN(C(=O)C(C)(C)C)C(C)(C)C1. The Morgan fingerprint density at radius 2 is 0.823 bits per heavy atom. The number of thiazole rings is 1. The summed E-state index contributed by atoms with van der Waals surface area (Å²) in [6, 6.07) is 2.16. The first kappa shape index (κ1) is 126. The van der Waals surface area contributed by atoms with E-state index in [2.05, 4.69) is 77.1 Å². The number of sulfone groups is 1. The van der Waals surface area contributed by atoms with E-state index in [9.17, 15) is 78.3 Å². The van der Waals surface area contributed by atoms with Gasteiger partial charge in [0.2, 0.25) is 59.1 Å². The number of carbonyl (C=O) groups excluding carboxylic acids is 10. The number of likely N-dealkylation sites (tertiary alicyclic amines) is 1. The van der Waals surface area contributed by atoms with Crippen LogP contribution in [0.1, 0.15) is 274 Å². The van der Waals surface area contributed by atoms with Crippen LogP contribution in [0.15, 0.2) is 11.6 Å². The van der Waals surface area contributed by atoms with Gasteiger partial charge in [-0.25, -0.2) is 22.2 Å². The number of hydrogen-bond acceptors (Lipinski definition) is 21. The third kappa shape index (κ3) is 40.6. The fourth-order valence-corrected chi connectivity index (χ4v) is 19.9. The predicted octanol–water partition coefficient (Wildman–Crippen LogP) is 13.7. The minimum Gasteiger partial charge on any atom is -0.378 e. The molecule has 812 valence electrons. The molecule has 1 aromatic rings. The summed E-state index contributed by atoms with van der Waals surface area (Å²) >= 11 is 1.66. The average Bonchev–Trinajstić information content (AvgIpc) is 1.55. The Morgan fingerprint density at radius 3 is 1.18 bits per heavy atom. The summed E-state index contributed by atoms with van der Waals surface area (Å²) in [4.78, 5) is 153. The van der Waals surface area contributed by atoms with Crippen molar-refractivity contribution in [2.75, 3.05) is 226 Å². The molecule has 11 fully saturated rings. The molecule has 12 rings (SSSR count). The Morgan fingerprint density at radius 1 is 0.468 bits per heavy atom. The smallest absolute Gasteiger partial charge is 0.378 e. The van der Waals surface area contributed by atoms with Crippen LogP contribution in [0, 0.1) is 65.5 Å². The van der Waals surface area contributed by atoms with Crippen molar-refractivity contribution in [2.24, 2.45) is 54.1 Å². The van der Waals surface area contributed by atoms with Gasteiger partial charge in [0.15, 0.2) is 15.0 Å². The summed E-state index contributed by atoms with van der Waals surface area (Å²) in [6.45, 7) is 89.0. The lowest BCUT2D eigenvalue weighted by molar-refractivity contribution is -0.160. The molecule has 141 heavy (non-hydrogen) atoms. The zero-order valence-corrected chi connectivity index (χ0v) is 94.8. The number of aromatic nitrogens is 1. The molecule has 0 radical (unpaired) electrons. The van der Waals surface area contributed by atoms with Crippen LogP contribution in [0.25, 0.3) is 0 Å². The van der Waals surface area contributed by atoms with Gasteiger partial charge in [-0.3, -0.25) is 67.5 Å². The van der Waals surface area contributed by atoms with Crippen LogP contribution >= 0.6 is 11.3 Å². The number of nitrogens with zero attached hydrogens (tertiary/aromatic N) is 17. The highest BCUT2D eigenvalue weighted by Crippen LogP contribution is 2.66. The lowest BCUT2D eigenvalue weighted by atomic mass is 9.89. The van der Waals surface area contributed by atoms with Crippen molar-refractivity contribution in [3.63, 3.8) is 0 Å². The maximum atomic E-state index is 13.1. The molecule has 1 spiro atoms. The number of hydrogen-bond donors (Lipinski definition) is 0. The molecule has 30 nitrogen and oxygen atoms in total. The van der Waals surface area contributed by atoms with Gasteiger partial charge in [0, 0.05) is 291 Å². The minimum absolute atomic E-state index is 0.000934. The van der Waals surface area contributed by atoms with Crippen LogP contribution in [-0.4, -0.2) is 397 Å². The number of halogens is 5. The maximum Gasteiger partial charge on any atom is 0.401 e. The topological polar surface area (TPSA) is 299 Å². The van der Waals surface area contributed by atoms with Crippen LogP contribution in [0.3, 0.4) is 0 Å². The summed E-state index contributed by atoms with van der Waals surface area (Å²) in [7, 11) is -2.89. The van der Waals surface area contributed by atoms with Gasteiger partial charge in [-0.1, -0.05) is 194 Å². The number of fused-ring (bicyclic) bond motifs is 1. The third-order valence-corrected chi connectivity index (χ3v) is 29.2. The Bertz CT molecular complexity index is 4330. The van der Waals surface area contributed by atoms with Gasteiger partial charge >= 0.3 is 6.18 Å². The largest absolute Gasteiger partial charge is 0.401 e. The molecule has 0 aromatic carbocycles. The van der Waals surface area contributed by atoms with E-state index < -0.39 is 50.1 Å². The number of nitriles is 1. The molecule has 10 aliphatic heterocycles. The second kappa shape index (κ2) is 51.1. The molecule has 0 bridgehead atoms. The molecule has 2 unspecified atom stereocenters. The molecule has 11 aliphatic rings. The van der Waals surface area contributed by atoms with E-state index in [0.29, 0.717) is 91.3 Å².